The molecule has 0 aliphatic carbocycles. The highest BCUT2D eigenvalue weighted by Gasteiger charge is 2.47. The maximum atomic E-state index is 13.6. The van der Waals surface area contributed by atoms with Gasteiger partial charge in [0.05, 0.1) is 12.6 Å². The van der Waals surface area contributed by atoms with Crippen LogP contribution in [0.4, 0.5) is 13.2 Å². The van der Waals surface area contributed by atoms with Gasteiger partial charge in [-0.1, -0.05) is 0 Å². The van der Waals surface area contributed by atoms with Crippen molar-refractivity contribution in [2.75, 3.05) is 6.54 Å². The van der Waals surface area contributed by atoms with Crippen molar-refractivity contribution in [3.05, 3.63) is 65.4 Å². The minimum absolute atomic E-state index is 0.201. The molecule has 1 fully saturated rings. The molecule has 0 N–H and O–H groups in total. The van der Waals surface area contributed by atoms with Gasteiger partial charge < -0.3 is 9.32 Å². The molecule has 0 saturated carbocycles. The molecule has 0 spiro atoms. The van der Waals surface area contributed by atoms with E-state index in [1.165, 1.54) is 36.7 Å². The SMILES string of the molecule is N#C[C@@H]1CC(F)(F)CN1C(=O)CCC(=O)c1ccncc1/C=C/c1cc2cc(F)ccc2o1. The summed E-state index contributed by atoms with van der Waals surface area (Å²) in [6, 6.07) is 7.84. The number of nitriles is 1. The lowest BCUT2D eigenvalue weighted by molar-refractivity contribution is -0.132. The van der Waals surface area contributed by atoms with Gasteiger partial charge >= 0.3 is 0 Å². The van der Waals surface area contributed by atoms with Crippen LogP contribution < -0.4 is 0 Å². The van der Waals surface area contributed by atoms with Crippen molar-refractivity contribution in [3.63, 3.8) is 0 Å². The molecule has 1 saturated heterocycles. The number of hydrogen-bond acceptors (Lipinski definition) is 5. The fraction of sp³-hybridized carbons (Fsp3) is 0.250. The highest BCUT2D eigenvalue weighted by molar-refractivity contribution is 6.01. The van der Waals surface area contributed by atoms with Crippen molar-refractivity contribution in [3.8, 4) is 6.07 Å². The third kappa shape index (κ3) is 4.95. The van der Waals surface area contributed by atoms with E-state index >= 15 is 0 Å². The second-order valence-corrected chi connectivity index (χ2v) is 7.78. The molecule has 1 aliphatic rings. The number of ketones is 1. The van der Waals surface area contributed by atoms with Crippen LogP contribution >= 0.6 is 0 Å². The summed E-state index contributed by atoms with van der Waals surface area (Å²) in [4.78, 5) is 30.0. The predicted octanol–water partition coefficient (Wildman–Crippen LogP) is 4.86. The normalized spacial score (nSPS) is 17.5. The summed E-state index contributed by atoms with van der Waals surface area (Å²) in [5.41, 5.74) is 1.30. The quantitative estimate of drug-likeness (QED) is 0.498. The number of aromatic nitrogens is 1. The van der Waals surface area contributed by atoms with E-state index in [1.54, 1.807) is 24.3 Å². The Balaban J connectivity index is 1.45. The first kappa shape index (κ1) is 22.3. The number of nitrogens with zero attached hydrogens (tertiary/aromatic N) is 3. The van der Waals surface area contributed by atoms with Crippen LogP contribution in [0.1, 0.15) is 40.9 Å². The summed E-state index contributed by atoms with van der Waals surface area (Å²) in [6.07, 6.45) is 4.95. The van der Waals surface area contributed by atoms with Gasteiger partial charge in [-0.3, -0.25) is 14.6 Å². The maximum Gasteiger partial charge on any atom is 0.268 e. The number of pyridine rings is 1. The van der Waals surface area contributed by atoms with Gasteiger partial charge in [0, 0.05) is 48.2 Å². The average molecular weight is 453 g/mol. The number of carbonyl (C=O) groups excluding carboxylic acids is 2. The first-order valence-corrected chi connectivity index (χ1v) is 10.2. The van der Waals surface area contributed by atoms with Crippen molar-refractivity contribution in [2.24, 2.45) is 0 Å². The summed E-state index contributed by atoms with van der Waals surface area (Å²) in [5, 5.41) is 9.63. The number of halogens is 3. The highest BCUT2D eigenvalue weighted by Crippen LogP contribution is 2.32. The van der Waals surface area contributed by atoms with Gasteiger partial charge in [-0.15, -0.1) is 0 Å². The summed E-state index contributed by atoms with van der Waals surface area (Å²) in [6.45, 7) is -0.817. The lowest BCUT2D eigenvalue weighted by Crippen LogP contribution is -2.36. The molecule has 0 radical (unpaired) electrons. The first-order chi connectivity index (χ1) is 15.8. The highest BCUT2D eigenvalue weighted by atomic mass is 19.3. The summed E-state index contributed by atoms with van der Waals surface area (Å²) >= 11 is 0. The molecule has 1 aromatic carbocycles. The van der Waals surface area contributed by atoms with E-state index in [-0.39, 0.29) is 24.4 Å². The molecule has 0 unspecified atom stereocenters. The Labute approximate surface area is 186 Å². The molecular weight excluding hydrogens is 435 g/mol. The summed E-state index contributed by atoms with van der Waals surface area (Å²) in [5.74, 6) is -4.06. The third-order valence-corrected chi connectivity index (χ3v) is 5.38. The predicted molar refractivity (Wildman–Crippen MR) is 114 cm³/mol. The van der Waals surface area contributed by atoms with E-state index in [0.717, 1.165) is 4.90 Å². The van der Waals surface area contributed by atoms with Gasteiger partial charge in [0.2, 0.25) is 5.91 Å². The Morgan fingerprint density at radius 1 is 1.24 bits per heavy atom. The Morgan fingerprint density at radius 3 is 2.85 bits per heavy atom. The van der Waals surface area contributed by atoms with Crippen LogP contribution in [0.5, 0.6) is 0 Å². The lowest BCUT2D eigenvalue weighted by Gasteiger charge is -2.18. The van der Waals surface area contributed by atoms with Crippen molar-refractivity contribution in [2.45, 2.75) is 31.2 Å². The number of Topliss-reactive ketones (excluding diaryl/α,β-unsaturated/α-hetero) is 1. The van der Waals surface area contributed by atoms with Crippen molar-refractivity contribution < 1.29 is 27.2 Å². The first-order valence-electron chi connectivity index (χ1n) is 10.2. The number of amides is 1. The van der Waals surface area contributed by atoms with Crippen LogP contribution in [0.15, 0.2) is 47.1 Å². The fourth-order valence-electron chi connectivity index (χ4n) is 3.78. The molecule has 1 aliphatic heterocycles. The molecule has 6 nitrogen and oxygen atoms in total. The Hall–Kier alpha value is -3.93. The minimum Gasteiger partial charge on any atom is -0.457 e. The Kier molecular flexibility index (Phi) is 6.01. The van der Waals surface area contributed by atoms with E-state index < -0.39 is 30.8 Å². The second-order valence-electron chi connectivity index (χ2n) is 7.78. The van der Waals surface area contributed by atoms with Gasteiger partial charge in [0.15, 0.2) is 5.78 Å². The average Bonchev–Trinajstić information content (AvgIpc) is 3.34. The molecule has 9 heteroatoms. The van der Waals surface area contributed by atoms with Crippen LogP contribution in [-0.4, -0.2) is 40.1 Å². The third-order valence-electron chi connectivity index (χ3n) is 5.38. The van der Waals surface area contributed by atoms with E-state index in [9.17, 15) is 22.8 Å². The number of likely N-dealkylation sites (tertiary alicyclic amines) is 1. The standard InChI is InChI=1S/C24H18F3N3O3/c25-17-2-5-22-16(9-17)10-19(33-22)3-1-15-13-29-8-7-20(15)21(31)4-6-23(32)30-14-24(26,27)11-18(30)12-28/h1-3,5,7-10,13,18H,4,6,11,14H2/b3-1+/t18-/m0/s1. The monoisotopic (exact) mass is 453 g/mol. The number of alkyl halides is 2. The van der Waals surface area contributed by atoms with Crippen molar-refractivity contribution in [1.82, 2.24) is 9.88 Å². The topological polar surface area (TPSA) is 87.2 Å². The molecule has 1 amide bonds. The number of carbonyl (C=O) groups is 2. The van der Waals surface area contributed by atoms with Crippen LogP contribution in [0.3, 0.4) is 0 Å². The molecule has 4 rings (SSSR count). The van der Waals surface area contributed by atoms with Crippen LogP contribution in [-0.2, 0) is 4.79 Å². The number of benzene rings is 1. The van der Waals surface area contributed by atoms with Crippen molar-refractivity contribution >= 4 is 34.8 Å². The van der Waals surface area contributed by atoms with Crippen LogP contribution in [0, 0.1) is 17.1 Å². The van der Waals surface area contributed by atoms with Gasteiger partial charge in [0.25, 0.3) is 5.92 Å². The molecular formula is C24H18F3N3O3. The maximum absolute atomic E-state index is 13.6. The molecule has 1 atom stereocenters. The van der Waals surface area contributed by atoms with Gasteiger partial charge in [-0.05, 0) is 42.5 Å². The molecule has 3 aromatic rings. The number of hydrogen-bond donors (Lipinski definition) is 0. The minimum atomic E-state index is -3.11. The zero-order valence-corrected chi connectivity index (χ0v) is 17.3. The number of rotatable bonds is 6. The van der Waals surface area contributed by atoms with Gasteiger partial charge in [0.1, 0.15) is 23.2 Å². The summed E-state index contributed by atoms with van der Waals surface area (Å²) < 4.78 is 46.1. The lowest BCUT2D eigenvalue weighted by atomic mass is 10.0. The molecule has 0 bridgehead atoms. The molecule has 168 valence electrons. The number of furan rings is 1. The zero-order chi connectivity index (χ0) is 23.6. The van der Waals surface area contributed by atoms with E-state index in [0.29, 0.717) is 27.9 Å². The Bertz CT molecular complexity index is 1290. The van der Waals surface area contributed by atoms with E-state index in [1.807, 2.05) is 0 Å². The smallest absolute Gasteiger partial charge is 0.268 e. The fourth-order valence-corrected chi connectivity index (χ4v) is 3.78. The van der Waals surface area contributed by atoms with Crippen molar-refractivity contribution in [1.29, 1.82) is 5.26 Å². The zero-order valence-electron chi connectivity index (χ0n) is 17.3. The van der Waals surface area contributed by atoms with Gasteiger partial charge in [-0.25, -0.2) is 13.2 Å². The second kappa shape index (κ2) is 8.90. The molecule has 3 heterocycles. The van der Waals surface area contributed by atoms with E-state index in [2.05, 4.69) is 4.98 Å². The van der Waals surface area contributed by atoms with Crippen LogP contribution in [0.2, 0.25) is 0 Å². The van der Waals surface area contributed by atoms with Crippen LogP contribution in [0.25, 0.3) is 23.1 Å². The largest absolute Gasteiger partial charge is 0.457 e. The van der Waals surface area contributed by atoms with E-state index in [4.69, 9.17) is 9.68 Å². The summed E-state index contributed by atoms with van der Waals surface area (Å²) in [7, 11) is 0. The Morgan fingerprint density at radius 2 is 2.06 bits per heavy atom. The van der Waals surface area contributed by atoms with Gasteiger partial charge in [-0.2, -0.15) is 5.26 Å². The molecule has 33 heavy (non-hydrogen) atoms. The molecule has 2 aromatic heterocycles. The number of fused-ring (bicyclic) bond motifs is 1.